The molecule has 0 spiro atoms. The molecule has 0 aliphatic carbocycles. The number of nitrogens with zero attached hydrogens (tertiary/aromatic N) is 2. The molecule has 0 atom stereocenters. The number of benzene rings is 1. The molecule has 5 heteroatoms. The second-order valence-corrected chi connectivity index (χ2v) is 4.01. The maximum atomic E-state index is 8.92. The molecule has 0 amide bonds. The van der Waals surface area contributed by atoms with Gasteiger partial charge in [-0.3, -0.25) is 0 Å². The standard InChI is InChI=1S/C11H12ClN3O/c12-9-6-10(14)8(7-13)5-11(9)15-1-3-16-4-2-15/h5-6H,1-4,14H2. The SMILES string of the molecule is N#Cc1cc(N2CCOCC2)c(Cl)cc1N. The van der Waals surface area contributed by atoms with Crippen LogP contribution in [0.3, 0.4) is 0 Å². The van der Waals surface area contributed by atoms with Crippen molar-refractivity contribution in [1.29, 1.82) is 5.26 Å². The summed E-state index contributed by atoms with van der Waals surface area (Å²) in [6.45, 7) is 2.94. The van der Waals surface area contributed by atoms with E-state index in [1.165, 1.54) is 0 Å². The third kappa shape index (κ3) is 2.06. The van der Waals surface area contributed by atoms with Gasteiger partial charge in [0.05, 0.1) is 35.2 Å². The molecule has 2 rings (SSSR count). The minimum atomic E-state index is 0.421. The van der Waals surface area contributed by atoms with Crippen molar-refractivity contribution in [3.63, 3.8) is 0 Å². The summed E-state index contributed by atoms with van der Waals surface area (Å²) in [7, 11) is 0. The van der Waals surface area contributed by atoms with E-state index in [4.69, 9.17) is 27.3 Å². The van der Waals surface area contributed by atoms with Crippen LogP contribution in [0.4, 0.5) is 11.4 Å². The van der Waals surface area contributed by atoms with Crippen LogP contribution in [-0.4, -0.2) is 26.3 Å². The molecule has 1 aromatic carbocycles. The zero-order valence-electron chi connectivity index (χ0n) is 8.74. The van der Waals surface area contributed by atoms with Gasteiger partial charge in [0, 0.05) is 13.1 Å². The molecule has 0 unspecified atom stereocenters. The molecule has 0 saturated carbocycles. The third-order valence-corrected chi connectivity index (χ3v) is 2.89. The van der Waals surface area contributed by atoms with Crippen molar-refractivity contribution in [3.05, 3.63) is 22.7 Å². The van der Waals surface area contributed by atoms with Crippen molar-refractivity contribution >= 4 is 23.0 Å². The zero-order valence-corrected chi connectivity index (χ0v) is 9.50. The number of hydrogen-bond donors (Lipinski definition) is 1. The molecule has 1 saturated heterocycles. The number of nitrogens with two attached hydrogens (primary N) is 1. The van der Waals surface area contributed by atoms with Crippen molar-refractivity contribution in [2.45, 2.75) is 0 Å². The molecule has 0 aromatic heterocycles. The fourth-order valence-electron chi connectivity index (χ4n) is 1.72. The van der Waals surface area contributed by atoms with Crippen LogP contribution in [0.2, 0.25) is 5.02 Å². The molecule has 1 fully saturated rings. The highest BCUT2D eigenvalue weighted by atomic mass is 35.5. The molecule has 4 nitrogen and oxygen atoms in total. The summed E-state index contributed by atoms with van der Waals surface area (Å²) in [5, 5.41) is 9.50. The van der Waals surface area contributed by atoms with Crippen molar-refractivity contribution in [2.24, 2.45) is 0 Å². The zero-order chi connectivity index (χ0) is 11.5. The Morgan fingerprint density at radius 2 is 2.06 bits per heavy atom. The first-order chi connectivity index (χ1) is 7.72. The lowest BCUT2D eigenvalue weighted by atomic mass is 10.1. The summed E-state index contributed by atoms with van der Waals surface area (Å²) in [5.41, 5.74) is 7.42. The summed E-state index contributed by atoms with van der Waals surface area (Å²) in [6, 6.07) is 5.43. The second-order valence-electron chi connectivity index (χ2n) is 3.60. The van der Waals surface area contributed by atoms with Gasteiger partial charge in [-0.2, -0.15) is 5.26 Å². The van der Waals surface area contributed by atoms with Gasteiger partial charge in [0.2, 0.25) is 0 Å². The maximum Gasteiger partial charge on any atom is 0.101 e. The number of anilines is 2. The van der Waals surface area contributed by atoms with E-state index in [1.54, 1.807) is 12.1 Å². The largest absolute Gasteiger partial charge is 0.398 e. The Balaban J connectivity index is 2.36. The summed E-state index contributed by atoms with van der Waals surface area (Å²) >= 11 is 6.12. The number of nitriles is 1. The van der Waals surface area contributed by atoms with E-state index in [2.05, 4.69) is 11.0 Å². The highest BCUT2D eigenvalue weighted by Gasteiger charge is 2.15. The summed E-state index contributed by atoms with van der Waals surface area (Å²) in [6.07, 6.45) is 0. The smallest absolute Gasteiger partial charge is 0.101 e. The molecular formula is C11H12ClN3O. The van der Waals surface area contributed by atoms with Crippen LogP contribution in [0.15, 0.2) is 12.1 Å². The van der Waals surface area contributed by atoms with Crippen molar-refractivity contribution < 1.29 is 4.74 Å². The van der Waals surface area contributed by atoms with Gasteiger partial charge in [0.1, 0.15) is 6.07 Å². The first-order valence-electron chi connectivity index (χ1n) is 5.04. The van der Waals surface area contributed by atoms with Crippen LogP contribution in [0.5, 0.6) is 0 Å². The van der Waals surface area contributed by atoms with Gasteiger partial charge < -0.3 is 15.4 Å². The number of ether oxygens (including phenoxy) is 1. The fourth-order valence-corrected chi connectivity index (χ4v) is 2.01. The Labute approximate surface area is 99.2 Å². The molecule has 16 heavy (non-hydrogen) atoms. The number of halogens is 1. The lowest BCUT2D eigenvalue weighted by molar-refractivity contribution is 0.122. The molecule has 0 bridgehead atoms. The van der Waals surface area contributed by atoms with Crippen LogP contribution < -0.4 is 10.6 Å². The summed E-state index contributed by atoms with van der Waals surface area (Å²) in [4.78, 5) is 2.10. The normalized spacial score (nSPS) is 15.9. The Morgan fingerprint density at radius 3 is 2.69 bits per heavy atom. The average molecular weight is 238 g/mol. The van der Waals surface area contributed by atoms with E-state index in [0.717, 1.165) is 18.8 Å². The fraction of sp³-hybridized carbons (Fsp3) is 0.364. The van der Waals surface area contributed by atoms with E-state index in [9.17, 15) is 0 Å². The predicted molar refractivity (Wildman–Crippen MR) is 63.6 cm³/mol. The molecule has 1 heterocycles. The van der Waals surface area contributed by atoms with Gasteiger partial charge in [-0.25, -0.2) is 0 Å². The molecule has 0 radical (unpaired) electrons. The Kier molecular flexibility index (Phi) is 3.18. The first kappa shape index (κ1) is 11.1. The van der Waals surface area contributed by atoms with Gasteiger partial charge >= 0.3 is 0 Å². The second kappa shape index (κ2) is 4.60. The summed E-state index contributed by atoms with van der Waals surface area (Å²) in [5.74, 6) is 0. The average Bonchev–Trinajstić information content (AvgIpc) is 2.30. The minimum Gasteiger partial charge on any atom is -0.398 e. The Hall–Kier alpha value is -1.44. The minimum absolute atomic E-state index is 0.421. The van der Waals surface area contributed by atoms with Crippen molar-refractivity contribution in [2.75, 3.05) is 36.9 Å². The topological polar surface area (TPSA) is 62.3 Å². The monoisotopic (exact) mass is 237 g/mol. The lowest BCUT2D eigenvalue weighted by Gasteiger charge is -2.29. The number of nitrogen functional groups attached to an aromatic ring is 1. The van der Waals surface area contributed by atoms with Gasteiger partial charge in [-0.05, 0) is 12.1 Å². The number of rotatable bonds is 1. The molecule has 84 valence electrons. The van der Waals surface area contributed by atoms with Crippen LogP contribution in [0, 0.1) is 11.3 Å². The molecular weight excluding hydrogens is 226 g/mol. The predicted octanol–water partition coefficient (Wildman–Crippen LogP) is 1.63. The van der Waals surface area contributed by atoms with Gasteiger partial charge in [0.15, 0.2) is 0 Å². The highest BCUT2D eigenvalue weighted by molar-refractivity contribution is 6.33. The molecule has 1 aliphatic rings. The van der Waals surface area contributed by atoms with Crippen molar-refractivity contribution in [3.8, 4) is 6.07 Å². The summed E-state index contributed by atoms with van der Waals surface area (Å²) < 4.78 is 5.27. The Morgan fingerprint density at radius 1 is 1.38 bits per heavy atom. The van der Waals surface area contributed by atoms with E-state index >= 15 is 0 Å². The quantitative estimate of drug-likeness (QED) is 0.755. The maximum absolute atomic E-state index is 8.92. The van der Waals surface area contributed by atoms with E-state index in [0.29, 0.717) is 29.5 Å². The van der Waals surface area contributed by atoms with Gasteiger partial charge in [0.25, 0.3) is 0 Å². The van der Waals surface area contributed by atoms with Crippen molar-refractivity contribution in [1.82, 2.24) is 0 Å². The highest BCUT2D eigenvalue weighted by Crippen LogP contribution is 2.30. The number of morpholine rings is 1. The lowest BCUT2D eigenvalue weighted by Crippen LogP contribution is -2.36. The third-order valence-electron chi connectivity index (χ3n) is 2.59. The molecule has 2 N–H and O–H groups in total. The van der Waals surface area contributed by atoms with E-state index < -0.39 is 0 Å². The van der Waals surface area contributed by atoms with Crippen LogP contribution in [0.25, 0.3) is 0 Å². The van der Waals surface area contributed by atoms with Crippen LogP contribution >= 0.6 is 11.6 Å². The van der Waals surface area contributed by atoms with Gasteiger partial charge in [-0.1, -0.05) is 11.6 Å². The van der Waals surface area contributed by atoms with E-state index in [1.807, 2.05) is 0 Å². The number of hydrogen-bond acceptors (Lipinski definition) is 4. The molecule has 1 aliphatic heterocycles. The van der Waals surface area contributed by atoms with Crippen LogP contribution in [0.1, 0.15) is 5.56 Å². The van der Waals surface area contributed by atoms with E-state index in [-0.39, 0.29) is 0 Å². The first-order valence-corrected chi connectivity index (χ1v) is 5.42. The Bertz CT molecular complexity index is 436. The molecule has 1 aromatic rings. The van der Waals surface area contributed by atoms with Gasteiger partial charge in [-0.15, -0.1) is 0 Å². The van der Waals surface area contributed by atoms with Crippen LogP contribution in [-0.2, 0) is 4.74 Å².